The number of carbonyl (C=O) groups is 2. The van der Waals surface area contributed by atoms with Crippen LogP contribution in [0.1, 0.15) is 39.0 Å². The number of nitrogens with one attached hydrogen (secondary N) is 3. The molecule has 1 aliphatic rings. The molecule has 0 radical (unpaired) electrons. The summed E-state index contributed by atoms with van der Waals surface area (Å²) < 4.78 is 0. The van der Waals surface area contributed by atoms with E-state index >= 15 is 0 Å². The van der Waals surface area contributed by atoms with E-state index in [0.29, 0.717) is 13.0 Å². The van der Waals surface area contributed by atoms with Gasteiger partial charge in [0.2, 0.25) is 11.8 Å². The molecule has 0 aromatic heterocycles. The normalized spacial score (nSPS) is 19.7. The third-order valence-electron chi connectivity index (χ3n) is 2.86. The lowest BCUT2D eigenvalue weighted by atomic mass is 10.0. The van der Waals surface area contributed by atoms with E-state index in [0.717, 1.165) is 19.4 Å². The zero-order valence-corrected chi connectivity index (χ0v) is 10.6. The first-order valence-corrected chi connectivity index (χ1v) is 6.49. The first kappa shape index (κ1) is 14.0. The average Bonchev–Trinajstić information content (AvgIpc) is 2.35. The minimum Gasteiger partial charge on any atom is -0.355 e. The SMILES string of the molecule is CCCNC(=O)CNC(=O)CC1CCCCN1. The molecule has 0 aromatic carbocycles. The van der Waals surface area contributed by atoms with Gasteiger partial charge >= 0.3 is 0 Å². The maximum Gasteiger partial charge on any atom is 0.239 e. The van der Waals surface area contributed by atoms with Crippen LogP contribution in [-0.4, -0.2) is 37.5 Å². The highest BCUT2D eigenvalue weighted by Gasteiger charge is 2.16. The van der Waals surface area contributed by atoms with Crippen LogP contribution in [0.2, 0.25) is 0 Å². The Balaban J connectivity index is 2.09. The number of amides is 2. The number of hydrogen-bond donors (Lipinski definition) is 3. The fourth-order valence-corrected chi connectivity index (χ4v) is 1.90. The maximum atomic E-state index is 11.6. The predicted octanol–water partition coefficient (Wildman–Crippen LogP) is 0.161. The number of piperidine rings is 1. The van der Waals surface area contributed by atoms with Crippen LogP contribution in [0, 0.1) is 0 Å². The van der Waals surface area contributed by atoms with Crippen LogP contribution in [0.25, 0.3) is 0 Å². The van der Waals surface area contributed by atoms with Crippen molar-refractivity contribution in [3.05, 3.63) is 0 Å². The molecule has 1 atom stereocenters. The Morgan fingerprint density at radius 2 is 2.06 bits per heavy atom. The Kier molecular flexibility index (Phi) is 6.62. The van der Waals surface area contributed by atoms with Crippen LogP contribution >= 0.6 is 0 Å². The summed E-state index contributed by atoms with van der Waals surface area (Å²) in [6.07, 6.45) is 4.81. The lowest BCUT2D eigenvalue weighted by Gasteiger charge is -2.22. The van der Waals surface area contributed by atoms with Gasteiger partial charge in [-0.2, -0.15) is 0 Å². The Labute approximate surface area is 103 Å². The monoisotopic (exact) mass is 241 g/mol. The molecule has 1 heterocycles. The van der Waals surface area contributed by atoms with Crippen molar-refractivity contribution in [2.75, 3.05) is 19.6 Å². The lowest BCUT2D eigenvalue weighted by molar-refractivity contribution is -0.126. The molecule has 0 saturated carbocycles. The predicted molar refractivity (Wildman–Crippen MR) is 66.6 cm³/mol. The molecule has 0 bridgehead atoms. The molecule has 2 amide bonds. The molecular weight excluding hydrogens is 218 g/mol. The number of carbonyl (C=O) groups excluding carboxylic acids is 2. The van der Waals surface area contributed by atoms with Crippen LogP contribution in [0.3, 0.4) is 0 Å². The summed E-state index contributed by atoms with van der Waals surface area (Å²) in [5.74, 6) is -0.159. The van der Waals surface area contributed by atoms with Crippen molar-refractivity contribution >= 4 is 11.8 Å². The van der Waals surface area contributed by atoms with Gasteiger partial charge in [0.15, 0.2) is 0 Å². The second-order valence-electron chi connectivity index (χ2n) is 4.48. The molecule has 1 fully saturated rings. The van der Waals surface area contributed by atoms with Crippen molar-refractivity contribution in [3.63, 3.8) is 0 Å². The second kappa shape index (κ2) is 8.06. The van der Waals surface area contributed by atoms with E-state index in [9.17, 15) is 9.59 Å². The van der Waals surface area contributed by atoms with Crippen molar-refractivity contribution in [3.8, 4) is 0 Å². The molecule has 1 saturated heterocycles. The van der Waals surface area contributed by atoms with E-state index in [2.05, 4.69) is 16.0 Å². The third kappa shape index (κ3) is 6.26. The fraction of sp³-hybridized carbons (Fsp3) is 0.833. The molecule has 1 unspecified atom stereocenters. The zero-order chi connectivity index (χ0) is 12.5. The van der Waals surface area contributed by atoms with Gasteiger partial charge in [-0.15, -0.1) is 0 Å². The van der Waals surface area contributed by atoms with Crippen LogP contribution < -0.4 is 16.0 Å². The molecule has 3 N–H and O–H groups in total. The first-order chi connectivity index (χ1) is 8.22. The van der Waals surface area contributed by atoms with Gasteiger partial charge in [-0.3, -0.25) is 9.59 Å². The van der Waals surface area contributed by atoms with Gasteiger partial charge in [0.1, 0.15) is 0 Å². The molecular formula is C12H23N3O2. The third-order valence-corrected chi connectivity index (χ3v) is 2.86. The summed E-state index contributed by atoms with van der Waals surface area (Å²) in [5, 5.41) is 8.68. The van der Waals surface area contributed by atoms with Crippen LogP contribution in [-0.2, 0) is 9.59 Å². The van der Waals surface area contributed by atoms with Crippen molar-refractivity contribution in [1.29, 1.82) is 0 Å². The van der Waals surface area contributed by atoms with Gasteiger partial charge in [-0.1, -0.05) is 13.3 Å². The van der Waals surface area contributed by atoms with E-state index in [1.54, 1.807) is 0 Å². The topological polar surface area (TPSA) is 70.2 Å². The number of hydrogen-bond acceptors (Lipinski definition) is 3. The standard InChI is InChI=1S/C12H23N3O2/c1-2-6-14-12(17)9-15-11(16)8-10-5-3-4-7-13-10/h10,13H,2-9H2,1H3,(H,14,17)(H,15,16). The second-order valence-corrected chi connectivity index (χ2v) is 4.48. The van der Waals surface area contributed by atoms with Crippen molar-refractivity contribution in [2.24, 2.45) is 0 Å². The highest BCUT2D eigenvalue weighted by molar-refractivity contribution is 5.84. The quantitative estimate of drug-likeness (QED) is 0.620. The van der Waals surface area contributed by atoms with E-state index in [1.807, 2.05) is 6.92 Å². The first-order valence-electron chi connectivity index (χ1n) is 6.49. The molecule has 17 heavy (non-hydrogen) atoms. The zero-order valence-electron chi connectivity index (χ0n) is 10.6. The summed E-state index contributed by atoms with van der Waals surface area (Å²) in [5.41, 5.74) is 0. The molecule has 0 aromatic rings. The molecule has 0 spiro atoms. The summed E-state index contributed by atoms with van der Waals surface area (Å²) in [7, 11) is 0. The molecule has 5 nitrogen and oxygen atoms in total. The molecule has 98 valence electrons. The van der Waals surface area contributed by atoms with Crippen molar-refractivity contribution in [1.82, 2.24) is 16.0 Å². The minimum absolute atomic E-state index is 0.0453. The molecule has 1 aliphatic heterocycles. The van der Waals surface area contributed by atoms with E-state index in [4.69, 9.17) is 0 Å². The number of rotatable bonds is 6. The summed E-state index contributed by atoms with van der Waals surface area (Å²) >= 11 is 0. The highest BCUT2D eigenvalue weighted by atomic mass is 16.2. The van der Waals surface area contributed by atoms with E-state index < -0.39 is 0 Å². The van der Waals surface area contributed by atoms with Gasteiger partial charge in [0, 0.05) is 19.0 Å². The summed E-state index contributed by atoms with van der Waals surface area (Å²) in [4.78, 5) is 22.8. The van der Waals surface area contributed by atoms with Gasteiger partial charge in [-0.25, -0.2) is 0 Å². The van der Waals surface area contributed by atoms with Crippen LogP contribution in [0.4, 0.5) is 0 Å². The van der Waals surface area contributed by atoms with E-state index in [1.165, 1.54) is 12.8 Å². The van der Waals surface area contributed by atoms with E-state index in [-0.39, 0.29) is 24.4 Å². The van der Waals surface area contributed by atoms with Crippen LogP contribution in [0.5, 0.6) is 0 Å². The van der Waals surface area contributed by atoms with Gasteiger partial charge in [-0.05, 0) is 25.8 Å². The highest BCUT2D eigenvalue weighted by Crippen LogP contribution is 2.09. The smallest absolute Gasteiger partial charge is 0.239 e. The van der Waals surface area contributed by atoms with Crippen molar-refractivity contribution in [2.45, 2.75) is 45.1 Å². The van der Waals surface area contributed by atoms with Crippen molar-refractivity contribution < 1.29 is 9.59 Å². The maximum absolute atomic E-state index is 11.6. The average molecular weight is 241 g/mol. The Hall–Kier alpha value is -1.10. The molecule has 5 heteroatoms. The molecule has 0 aliphatic carbocycles. The van der Waals surface area contributed by atoms with Gasteiger partial charge in [0.05, 0.1) is 6.54 Å². The Bertz CT molecular complexity index is 250. The fourth-order valence-electron chi connectivity index (χ4n) is 1.90. The van der Waals surface area contributed by atoms with Crippen LogP contribution in [0.15, 0.2) is 0 Å². The minimum atomic E-state index is -0.114. The summed E-state index contributed by atoms with van der Waals surface area (Å²) in [6, 6.07) is 0.280. The summed E-state index contributed by atoms with van der Waals surface area (Å²) in [6.45, 7) is 3.74. The Morgan fingerprint density at radius 1 is 1.24 bits per heavy atom. The largest absolute Gasteiger partial charge is 0.355 e. The Morgan fingerprint density at radius 3 is 2.71 bits per heavy atom. The van der Waals surface area contributed by atoms with Gasteiger partial charge < -0.3 is 16.0 Å². The van der Waals surface area contributed by atoms with Gasteiger partial charge in [0.25, 0.3) is 0 Å². The lowest BCUT2D eigenvalue weighted by Crippen LogP contribution is -2.41. The molecule has 1 rings (SSSR count).